The first-order valence-electron chi connectivity index (χ1n) is 6.70. The van der Waals surface area contributed by atoms with Gasteiger partial charge in [-0.1, -0.05) is 11.6 Å². The molecule has 0 saturated carbocycles. The van der Waals surface area contributed by atoms with Crippen molar-refractivity contribution in [1.82, 2.24) is 5.32 Å². The summed E-state index contributed by atoms with van der Waals surface area (Å²) < 4.78 is 5.23. The summed E-state index contributed by atoms with van der Waals surface area (Å²) in [5.74, 6) is -1.00. The van der Waals surface area contributed by atoms with Gasteiger partial charge in [0.15, 0.2) is 0 Å². The summed E-state index contributed by atoms with van der Waals surface area (Å²) in [7, 11) is 0. The van der Waals surface area contributed by atoms with Gasteiger partial charge in [-0.05, 0) is 45.6 Å². The predicted octanol–water partition coefficient (Wildman–Crippen LogP) is 3.48. The van der Waals surface area contributed by atoms with Gasteiger partial charge in [-0.2, -0.15) is 0 Å². The average molecular weight is 332 g/mol. The van der Waals surface area contributed by atoms with E-state index in [0.29, 0.717) is 17.9 Å². The molecular formula is C14H18ClNO4S. The Kier molecular flexibility index (Phi) is 4.49. The van der Waals surface area contributed by atoms with E-state index in [1.807, 2.05) is 0 Å². The number of halogens is 1. The zero-order valence-electron chi connectivity index (χ0n) is 12.2. The van der Waals surface area contributed by atoms with E-state index in [1.54, 1.807) is 20.8 Å². The van der Waals surface area contributed by atoms with Crippen LogP contribution < -0.4 is 5.32 Å². The Morgan fingerprint density at radius 3 is 2.67 bits per heavy atom. The molecule has 1 atom stereocenters. The number of hydrogen-bond acceptors (Lipinski definition) is 4. The topological polar surface area (TPSA) is 75.6 Å². The van der Waals surface area contributed by atoms with E-state index < -0.39 is 17.7 Å². The molecule has 5 nitrogen and oxygen atoms in total. The number of rotatable bonds is 2. The monoisotopic (exact) mass is 331 g/mol. The maximum Gasteiger partial charge on any atom is 0.407 e. The summed E-state index contributed by atoms with van der Waals surface area (Å²) >= 11 is 7.36. The molecule has 1 aliphatic carbocycles. The second-order valence-electron chi connectivity index (χ2n) is 6.04. The number of carboxylic acids is 1. The SMILES string of the molecule is CC(C)(C)OC(=O)NC1CCc2sc(C(=O)O)c(Cl)c2C1. The van der Waals surface area contributed by atoms with Crippen LogP contribution in [-0.2, 0) is 17.6 Å². The van der Waals surface area contributed by atoms with Crippen molar-refractivity contribution in [3.8, 4) is 0 Å². The van der Waals surface area contributed by atoms with Gasteiger partial charge < -0.3 is 15.2 Å². The van der Waals surface area contributed by atoms with Crippen molar-refractivity contribution in [3.63, 3.8) is 0 Å². The number of aryl methyl sites for hydroxylation is 1. The first kappa shape index (κ1) is 16.1. The highest BCUT2D eigenvalue weighted by molar-refractivity contribution is 7.14. The summed E-state index contributed by atoms with van der Waals surface area (Å²) in [4.78, 5) is 24.1. The van der Waals surface area contributed by atoms with Gasteiger partial charge in [-0.3, -0.25) is 0 Å². The molecule has 0 bridgehead atoms. The number of carbonyl (C=O) groups excluding carboxylic acids is 1. The molecule has 1 aromatic heterocycles. The Bertz CT molecular complexity index is 576. The fraction of sp³-hybridized carbons (Fsp3) is 0.571. The second kappa shape index (κ2) is 5.85. The molecule has 0 saturated heterocycles. The highest BCUT2D eigenvalue weighted by Crippen LogP contribution is 2.37. The number of nitrogens with one attached hydrogen (secondary N) is 1. The van der Waals surface area contributed by atoms with Crippen LogP contribution in [0, 0.1) is 0 Å². The van der Waals surface area contributed by atoms with Crippen LogP contribution in [0.3, 0.4) is 0 Å². The van der Waals surface area contributed by atoms with Crippen LogP contribution in [0.25, 0.3) is 0 Å². The predicted molar refractivity (Wildman–Crippen MR) is 81.5 cm³/mol. The maximum absolute atomic E-state index is 11.8. The Hall–Kier alpha value is -1.27. The standard InChI is InChI=1S/C14H18ClNO4S/c1-14(2,3)20-13(19)16-7-4-5-9-8(6-7)10(15)11(21-9)12(17)18/h7H,4-6H2,1-3H3,(H,16,19)(H,17,18). The fourth-order valence-electron chi connectivity index (χ4n) is 2.28. The number of hydrogen-bond donors (Lipinski definition) is 2. The van der Waals surface area contributed by atoms with Gasteiger partial charge in [-0.15, -0.1) is 11.3 Å². The lowest BCUT2D eigenvalue weighted by molar-refractivity contribution is 0.0499. The number of aromatic carboxylic acids is 1. The Balaban J connectivity index is 2.06. The summed E-state index contributed by atoms with van der Waals surface area (Å²) in [6, 6.07) is -0.0823. The molecule has 1 unspecified atom stereocenters. The minimum Gasteiger partial charge on any atom is -0.477 e. The lowest BCUT2D eigenvalue weighted by atomic mass is 9.94. The molecule has 2 rings (SSSR count). The quantitative estimate of drug-likeness (QED) is 0.870. The number of ether oxygens (including phenoxy) is 1. The van der Waals surface area contributed by atoms with E-state index in [9.17, 15) is 9.59 Å². The third kappa shape index (κ3) is 3.89. The van der Waals surface area contributed by atoms with Crippen molar-refractivity contribution in [2.75, 3.05) is 0 Å². The molecule has 7 heteroatoms. The van der Waals surface area contributed by atoms with E-state index in [2.05, 4.69) is 5.32 Å². The highest BCUT2D eigenvalue weighted by Gasteiger charge is 2.29. The van der Waals surface area contributed by atoms with E-state index >= 15 is 0 Å². The van der Waals surface area contributed by atoms with E-state index in [1.165, 1.54) is 11.3 Å². The van der Waals surface area contributed by atoms with Crippen LogP contribution in [0.5, 0.6) is 0 Å². The summed E-state index contributed by atoms with van der Waals surface area (Å²) in [6.07, 6.45) is 1.55. The lowest BCUT2D eigenvalue weighted by Crippen LogP contribution is -2.41. The van der Waals surface area contributed by atoms with Gasteiger partial charge in [-0.25, -0.2) is 9.59 Å². The third-order valence-electron chi connectivity index (χ3n) is 3.11. The molecule has 0 aromatic carbocycles. The van der Waals surface area contributed by atoms with Gasteiger partial charge in [0.2, 0.25) is 0 Å². The summed E-state index contributed by atoms with van der Waals surface area (Å²) in [5.41, 5.74) is 0.298. The van der Waals surface area contributed by atoms with Crippen LogP contribution in [-0.4, -0.2) is 28.8 Å². The molecule has 1 heterocycles. The average Bonchev–Trinajstić information content (AvgIpc) is 2.64. The van der Waals surface area contributed by atoms with Crippen LogP contribution in [0.2, 0.25) is 5.02 Å². The smallest absolute Gasteiger partial charge is 0.407 e. The van der Waals surface area contributed by atoms with Crippen LogP contribution >= 0.6 is 22.9 Å². The van der Waals surface area contributed by atoms with E-state index in [4.69, 9.17) is 21.4 Å². The van der Waals surface area contributed by atoms with Crippen molar-refractivity contribution < 1.29 is 19.4 Å². The molecule has 0 spiro atoms. The molecule has 0 radical (unpaired) electrons. The fourth-order valence-corrected chi connectivity index (χ4v) is 3.80. The largest absolute Gasteiger partial charge is 0.477 e. The molecule has 0 fully saturated rings. The number of amides is 1. The minimum absolute atomic E-state index is 0.0823. The molecule has 21 heavy (non-hydrogen) atoms. The van der Waals surface area contributed by atoms with Crippen molar-refractivity contribution in [2.24, 2.45) is 0 Å². The Morgan fingerprint density at radius 1 is 1.43 bits per heavy atom. The van der Waals surface area contributed by atoms with E-state index in [-0.39, 0.29) is 10.9 Å². The molecule has 1 amide bonds. The second-order valence-corrected chi connectivity index (χ2v) is 7.52. The highest BCUT2D eigenvalue weighted by atomic mass is 35.5. The molecule has 1 aromatic rings. The lowest BCUT2D eigenvalue weighted by Gasteiger charge is -2.26. The van der Waals surface area contributed by atoms with Crippen molar-refractivity contribution in [1.29, 1.82) is 0 Å². The van der Waals surface area contributed by atoms with Crippen LogP contribution in [0.15, 0.2) is 0 Å². The molecule has 1 aliphatic rings. The number of carboxylic acid groups (broad SMARTS) is 1. The van der Waals surface area contributed by atoms with Gasteiger partial charge in [0.1, 0.15) is 10.5 Å². The molecular weight excluding hydrogens is 314 g/mol. The van der Waals surface area contributed by atoms with Crippen molar-refractivity contribution >= 4 is 35.0 Å². The summed E-state index contributed by atoms with van der Waals surface area (Å²) in [5, 5.41) is 12.2. The van der Waals surface area contributed by atoms with Crippen LogP contribution in [0.4, 0.5) is 4.79 Å². The molecule has 2 N–H and O–H groups in total. The van der Waals surface area contributed by atoms with Crippen molar-refractivity contribution in [3.05, 3.63) is 20.3 Å². The summed E-state index contributed by atoms with van der Waals surface area (Å²) in [6.45, 7) is 5.42. The zero-order valence-corrected chi connectivity index (χ0v) is 13.7. The number of fused-ring (bicyclic) bond motifs is 1. The van der Waals surface area contributed by atoms with Gasteiger partial charge >= 0.3 is 12.1 Å². The first-order valence-corrected chi connectivity index (χ1v) is 7.89. The number of thiophene rings is 1. The normalized spacial score (nSPS) is 18.0. The molecule has 116 valence electrons. The third-order valence-corrected chi connectivity index (χ3v) is 4.92. The van der Waals surface area contributed by atoms with E-state index in [0.717, 1.165) is 16.9 Å². The molecule has 0 aliphatic heterocycles. The maximum atomic E-state index is 11.8. The number of alkyl carbamates (subject to hydrolysis) is 1. The number of carbonyl (C=O) groups is 2. The first-order chi connectivity index (χ1) is 9.67. The van der Waals surface area contributed by atoms with Gasteiger partial charge in [0.25, 0.3) is 0 Å². The Morgan fingerprint density at radius 2 is 2.10 bits per heavy atom. The Labute approximate surface area is 132 Å². The van der Waals surface area contributed by atoms with Crippen molar-refractivity contribution in [2.45, 2.75) is 51.7 Å². The zero-order chi connectivity index (χ0) is 15.8. The van der Waals surface area contributed by atoms with Gasteiger partial charge in [0, 0.05) is 10.9 Å². The van der Waals surface area contributed by atoms with Gasteiger partial charge in [0.05, 0.1) is 5.02 Å². The van der Waals surface area contributed by atoms with Crippen LogP contribution in [0.1, 0.15) is 47.3 Å². The minimum atomic E-state index is -1.00.